The first-order valence-corrected chi connectivity index (χ1v) is 7.46. The second kappa shape index (κ2) is 6.06. The van der Waals surface area contributed by atoms with Crippen LogP contribution in [0.1, 0.15) is 35.5 Å². The van der Waals surface area contributed by atoms with E-state index in [1.54, 1.807) is 0 Å². The molecule has 1 heterocycles. The molecule has 2 aromatic rings. The molecule has 5 heteroatoms. The fourth-order valence-corrected chi connectivity index (χ4v) is 2.81. The summed E-state index contributed by atoms with van der Waals surface area (Å²) in [6.07, 6.45) is 0.623. The molecule has 0 saturated heterocycles. The zero-order chi connectivity index (χ0) is 14.9. The average molecular weight is 340 g/mol. The summed E-state index contributed by atoms with van der Waals surface area (Å²) in [5, 5.41) is 4.45. The summed E-state index contributed by atoms with van der Waals surface area (Å²) in [5.74, 6) is -0.241. The van der Waals surface area contributed by atoms with E-state index in [2.05, 4.69) is 21.0 Å². The van der Waals surface area contributed by atoms with Crippen LogP contribution in [0.2, 0.25) is 0 Å². The average Bonchev–Trinajstić information content (AvgIpc) is 2.65. The maximum absolute atomic E-state index is 13.5. The molecule has 0 aliphatic carbocycles. The lowest BCUT2D eigenvalue weighted by atomic mass is 10.0. The van der Waals surface area contributed by atoms with E-state index in [0.717, 1.165) is 33.5 Å². The van der Waals surface area contributed by atoms with Crippen molar-refractivity contribution in [2.45, 2.75) is 39.8 Å². The smallest absolute Gasteiger partial charge is 0.123 e. The minimum Gasteiger partial charge on any atom is -0.324 e. The van der Waals surface area contributed by atoms with Crippen molar-refractivity contribution < 1.29 is 4.39 Å². The van der Waals surface area contributed by atoms with Gasteiger partial charge in [0.2, 0.25) is 0 Å². The van der Waals surface area contributed by atoms with Crippen LogP contribution in [0.5, 0.6) is 0 Å². The lowest BCUT2D eigenvalue weighted by molar-refractivity contribution is 0.581. The molecule has 1 atom stereocenters. The zero-order valence-corrected chi connectivity index (χ0v) is 13.5. The van der Waals surface area contributed by atoms with Crippen LogP contribution in [0.15, 0.2) is 22.7 Å². The monoisotopic (exact) mass is 339 g/mol. The van der Waals surface area contributed by atoms with Gasteiger partial charge >= 0.3 is 0 Å². The largest absolute Gasteiger partial charge is 0.324 e. The van der Waals surface area contributed by atoms with Crippen molar-refractivity contribution in [3.63, 3.8) is 0 Å². The Morgan fingerprint density at radius 1 is 1.35 bits per heavy atom. The van der Waals surface area contributed by atoms with E-state index >= 15 is 0 Å². The summed E-state index contributed by atoms with van der Waals surface area (Å²) in [6, 6.07) is 4.70. The summed E-state index contributed by atoms with van der Waals surface area (Å²) in [5.41, 5.74) is 9.94. The molecule has 0 saturated carbocycles. The number of nitrogens with zero attached hydrogens (tertiary/aromatic N) is 2. The van der Waals surface area contributed by atoms with Gasteiger partial charge in [-0.25, -0.2) is 4.39 Å². The highest BCUT2D eigenvalue weighted by atomic mass is 79.9. The minimum absolute atomic E-state index is 0.241. The molecule has 0 bridgehead atoms. The van der Waals surface area contributed by atoms with Gasteiger partial charge in [0.1, 0.15) is 5.82 Å². The Labute approximate surface area is 127 Å². The second-order valence-electron chi connectivity index (χ2n) is 5.03. The number of hydrogen-bond donors (Lipinski definition) is 1. The van der Waals surface area contributed by atoms with Crippen LogP contribution in [0.4, 0.5) is 4.39 Å². The quantitative estimate of drug-likeness (QED) is 0.923. The fourth-order valence-electron chi connectivity index (χ4n) is 2.37. The van der Waals surface area contributed by atoms with Gasteiger partial charge in [-0.2, -0.15) is 5.10 Å². The van der Waals surface area contributed by atoms with Crippen LogP contribution in [-0.2, 0) is 13.0 Å². The number of benzene rings is 1. The van der Waals surface area contributed by atoms with E-state index in [4.69, 9.17) is 5.73 Å². The Hall–Kier alpha value is -1.20. The molecule has 1 unspecified atom stereocenters. The molecule has 1 aromatic carbocycles. The van der Waals surface area contributed by atoms with Gasteiger partial charge in [0, 0.05) is 19.0 Å². The Bertz CT molecular complexity index is 602. The number of rotatable bonds is 4. The van der Waals surface area contributed by atoms with Gasteiger partial charge in [-0.1, -0.05) is 6.07 Å². The highest BCUT2D eigenvalue weighted by Crippen LogP contribution is 2.26. The maximum Gasteiger partial charge on any atom is 0.123 e. The fraction of sp³-hybridized carbons (Fsp3) is 0.400. The first-order chi connectivity index (χ1) is 9.42. The molecule has 0 fully saturated rings. The lowest BCUT2D eigenvalue weighted by Gasteiger charge is -2.14. The van der Waals surface area contributed by atoms with E-state index in [1.807, 2.05) is 31.5 Å². The highest BCUT2D eigenvalue weighted by Gasteiger charge is 2.17. The third-order valence-electron chi connectivity index (χ3n) is 3.36. The van der Waals surface area contributed by atoms with Crippen molar-refractivity contribution in [1.29, 1.82) is 0 Å². The molecular formula is C15H19BrFN3. The van der Waals surface area contributed by atoms with Crippen LogP contribution in [0, 0.1) is 19.7 Å². The van der Waals surface area contributed by atoms with E-state index in [1.165, 1.54) is 12.1 Å². The van der Waals surface area contributed by atoms with Crippen molar-refractivity contribution in [2.24, 2.45) is 5.73 Å². The topological polar surface area (TPSA) is 43.8 Å². The number of aryl methyl sites for hydroxylation is 3. The molecule has 1 aromatic heterocycles. The highest BCUT2D eigenvalue weighted by molar-refractivity contribution is 9.10. The number of aromatic nitrogens is 2. The maximum atomic E-state index is 13.5. The van der Waals surface area contributed by atoms with E-state index in [0.29, 0.717) is 6.42 Å². The van der Waals surface area contributed by atoms with Crippen molar-refractivity contribution in [1.82, 2.24) is 9.78 Å². The predicted molar refractivity (Wildman–Crippen MR) is 82.1 cm³/mol. The van der Waals surface area contributed by atoms with Crippen LogP contribution in [-0.4, -0.2) is 9.78 Å². The molecule has 0 amide bonds. The second-order valence-corrected chi connectivity index (χ2v) is 5.83. The molecule has 20 heavy (non-hydrogen) atoms. The number of hydrogen-bond acceptors (Lipinski definition) is 2. The van der Waals surface area contributed by atoms with Gasteiger partial charge < -0.3 is 5.73 Å². The van der Waals surface area contributed by atoms with Gasteiger partial charge in [0.05, 0.1) is 15.9 Å². The first kappa shape index (κ1) is 15.2. The zero-order valence-electron chi connectivity index (χ0n) is 12.0. The van der Waals surface area contributed by atoms with E-state index < -0.39 is 0 Å². The van der Waals surface area contributed by atoms with Crippen LogP contribution in [0.3, 0.4) is 0 Å². The van der Waals surface area contributed by atoms with Crippen LogP contribution < -0.4 is 5.73 Å². The molecule has 0 spiro atoms. The summed E-state index contributed by atoms with van der Waals surface area (Å²) in [6.45, 7) is 6.66. The van der Waals surface area contributed by atoms with E-state index in [9.17, 15) is 4.39 Å². The third-order valence-corrected chi connectivity index (χ3v) is 4.39. The Kier molecular flexibility index (Phi) is 4.60. The van der Waals surface area contributed by atoms with Crippen LogP contribution in [0.25, 0.3) is 0 Å². The summed E-state index contributed by atoms with van der Waals surface area (Å²) in [7, 11) is 0. The molecule has 3 nitrogen and oxygen atoms in total. The molecule has 0 radical (unpaired) electrons. The molecule has 2 N–H and O–H groups in total. The molecular weight excluding hydrogens is 321 g/mol. The van der Waals surface area contributed by atoms with Gasteiger partial charge in [0.25, 0.3) is 0 Å². The first-order valence-electron chi connectivity index (χ1n) is 6.66. The Balaban J connectivity index is 2.29. The van der Waals surface area contributed by atoms with Crippen LogP contribution >= 0.6 is 15.9 Å². The van der Waals surface area contributed by atoms with Crippen molar-refractivity contribution in [3.8, 4) is 0 Å². The summed E-state index contributed by atoms with van der Waals surface area (Å²) < 4.78 is 16.4. The third kappa shape index (κ3) is 3.10. The molecule has 108 valence electrons. The summed E-state index contributed by atoms with van der Waals surface area (Å²) in [4.78, 5) is 0. The molecule has 0 aliphatic rings. The van der Waals surface area contributed by atoms with Crippen molar-refractivity contribution in [2.75, 3.05) is 0 Å². The normalized spacial score (nSPS) is 12.7. The van der Waals surface area contributed by atoms with Gasteiger partial charge in [-0.15, -0.1) is 0 Å². The molecule has 0 aliphatic heterocycles. The van der Waals surface area contributed by atoms with Gasteiger partial charge in [-0.05, 0) is 60.0 Å². The van der Waals surface area contributed by atoms with Gasteiger partial charge in [0.15, 0.2) is 0 Å². The van der Waals surface area contributed by atoms with Crippen molar-refractivity contribution >= 4 is 15.9 Å². The molecule has 2 rings (SSSR count). The lowest BCUT2D eigenvalue weighted by Crippen LogP contribution is -2.17. The Morgan fingerprint density at radius 3 is 2.65 bits per heavy atom. The SMILES string of the molecule is CCn1nc(C)c(Br)c1CC(N)c1cc(C)cc(F)c1. The van der Waals surface area contributed by atoms with Gasteiger partial charge in [-0.3, -0.25) is 4.68 Å². The minimum atomic E-state index is -0.248. The van der Waals surface area contributed by atoms with E-state index in [-0.39, 0.29) is 11.9 Å². The predicted octanol–water partition coefficient (Wildman–Crippen LogP) is 3.66. The summed E-state index contributed by atoms with van der Waals surface area (Å²) >= 11 is 3.56. The van der Waals surface area contributed by atoms with Crippen molar-refractivity contribution in [3.05, 3.63) is 51.0 Å². The standard InChI is InChI=1S/C15H19BrFN3/c1-4-20-14(15(16)10(3)19-20)8-13(18)11-5-9(2)6-12(17)7-11/h5-7,13H,4,8,18H2,1-3H3. The number of halogens is 2. The number of nitrogens with two attached hydrogens (primary N) is 1. The Morgan fingerprint density at radius 2 is 2.05 bits per heavy atom.